The van der Waals surface area contributed by atoms with Gasteiger partial charge in [0.1, 0.15) is 11.4 Å². The third-order valence-corrected chi connectivity index (χ3v) is 9.64. The van der Waals surface area contributed by atoms with Gasteiger partial charge in [-0.15, -0.1) is 0 Å². The summed E-state index contributed by atoms with van der Waals surface area (Å²) in [4.78, 5) is 16.9. The Morgan fingerprint density at radius 2 is 1.95 bits per heavy atom. The maximum absolute atomic E-state index is 12.6. The number of aromatic nitrogens is 2. The van der Waals surface area contributed by atoms with Crippen molar-refractivity contribution in [3.8, 4) is 16.9 Å². The molecule has 4 aliphatic rings. The molecule has 0 saturated carbocycles. The molecule has 1 amide bonds. The molecule has 3 aromatic rings. The molecule has 1 aromatic heterocycles. The van der Waals surface area contributed by atoms with E-state index in [0.29, 0.717) is 6.61 Å². The van der Waals surface area contributed by atoms with Crippen molar-refractivity contribution in [2.45, 2.75) is 78.0 Å². The van der Waals surface area contributed by atoms with E-state index in [2.05, 4.69) is 30.0 Å². The molecule has 1 spiro atoms. The van der Waals surface area contributed by atoms with E-state index < -0.39 is 5.60 Å². The molecule has 224 valence electrons. The van der Waals surface area contributed by atoms with Crippen LogP contribution in [0.2, 0.25) is 5.02 Å². The number of amides is 1. The van der Waals surface area contributed by atoms with Crippen molar-refractivity contribution in [3.05, 3.63) is 40.5 Å². The molecule has 2 aromatic carbocycles. The van der Waals surface area contributed by atoms with E-state index in [0.717, 1.165) is 115 Å². The molecule has 1 unspecified atom stereocenters. The van der Waals surface area contributed by atoms with Gasteiger partial charge in [0.25, 0.3) is 0 Å². The minimum Gasteiger partial charge on any atom is -0.493 e. The quantitative estimate of drug-likeness (QED) is 0.322. The number of carbonyl (C=O) groups is 1. The first-order valence-corrected chi connectivity index (χ1v) is 15.8. The Hall–Kier alpha value is -2.97. The summed E-state index contributed by atoms with van der Waals surface area (Å²) in [6.07, 6.45) is 7.90. The van der Waals surface area contributed by atoms with Crippen LogP contribution in [0.1, 0.15) is 70.2 Å². The maximum atomic E-state index is 12.6. The molecule has 3 saturated heterocycles. The first kappa shape index (κ1) is 27.8. The van der Waals surface area contributed by atoms with Crippen LogP contribution in [0.4, 0.5) is 10.5 Å². The Bertz CT molecular complexity index is 1530. The van der Waals surface area contributed by atoms with Crippen LogP contribution in [0.5, 0.6) is 5.75 Å². The molecule has 8 nitrogen and oxygen atoms in total. The molecule has 0 bridgehead atoms. The number of hydrogen-bond acceptors (Lipinski definition) is 6. The Morgan fingerprint density at radius 3 is 2.71 bits per heavy atom. The van der Waals surface area contributed by atoms with Crippen molar-refractivity contribution in [3.63, 3.8) is 0 Å². The second kappa shape index (κ2) is 10.3. The predicted octanol–water partition coefficient (Wildman–Crippen LogP) is 7.14. The van der Waals surface area contributed by atoms with Crippen LogP contribution in [0.15, 0.2) is 24.4 Å². The number of rotatable bonds is 3. The fourth-order valence-electron chi connectivity index (χ4n) is 7.25. The molecule has 0 radical (unpaired) electrons. The van der Waals surface area contributed by atoms with Gasteiger partial charge in [0.05, 0.1) is 29.0 Å². The molecule has 0 N–H and O–H groups in total. The number of carbonyl (C=O) groups excluding carboxylic acids is 1. The molecular formula is C33H41ClN4O4. The molecule has 42 heavy (non-hydrogen) atoms. The Balaban J connectivity index is 1.24. The lowest BCUT2D eigenvalue weighted by atomic mass is 9.79. The zero-order chi connectivity index (χ0) is 29.2. The summed E-state index contributed by atoms with van der Waals surface area (Å²) < 4.78 is 20.1. The van der Waals surface area contributed by atoms with Gasteiger partial charge in [-0.3, -0.25) is 0 Å². The molecule has 1 atom stereocenters. The van der Waals surface area contributed by atoms with Crippen molar-refractivity contribution in [1.29, 1.82) is 0 Å². The van der Waals surface area contributed by atoms with Gasteiger partial charge in [0.2, 0.25) is 0 Å². The third-order valence-electron chi connectivity index (χ3n) is 9.26. The molecule has 9 heteroatoms. The van der Waals surface area contributed by atoms with Gasteiger partial charge in [-0.2, -0.15) is 5.10 Å². The smallest absolute Gasteiger partial charge is 0.410 e. The number of halogens is 1. The fourth-order valence-corrected chi connectivity index (χ4v) is 7.60. The Morgan fingerprint density at radius 1 is 1.12 bits per heavy atom. The van der Waals surface area contributed by atoms with Gasteiger partial charge in [-0.05, 0) is 89.5 Å². The zero-order valence-corrected chi connectivity index (χ0v) is 25.9. The fraction of sp³-hybridized carbons (Fsp3) is 0.576. The van der Waals surface area contributed by atoms with Crippen molar-refractivity contribution < 1.29 is 19.0 Å². The van der Waals surface area contributed by atoms with Gasteiger partial charge >= 0.3 is 6.09 Å². The van der Waals surface area contributed by atoms with E-state index in [-0.39, 0.29) is 17.7 Å². The second-order valence-corrected chi connectivity index (χ2v) is 14.0. The Labute approximate surface area is 252 Å². The van der Waals surface area contributed by atoms with Crippen LogP contribution < -0.4 is 9.64 Å². The zero-order valence-electron chi connectivity index (χ0n) is 25.2. The summed E-state index contributed by atoms with van der Waals surface area (Å²) in [6.45, 7) is 12.5. The summed E-state index contributed by atoms with van der Waals surface area (Å²) in [7, 11) is 0. The SMILES string of the molecule is Cc1ccc2c(cnn2C2CCCCO2)c1-c1c(Cl)c(N2CCC3(CN(C(=O)OC(C)(C)C)C3)C2)cc2c1OCCC2. The van der Waals surface area contributed by atoms with Gasteiger partial charge < -0.3 is 24.0 Å². The van der Waals surface area contributed by atoms with Crippen LogP contribution in [-0.2, 0) is 15.9 Å². The average molecular weight is 593 g/mol. The van der Waals surface area contributed by atoms with Crippen molar-refractivity contribution >= 4 is 34.3 Å². The normalized spacial score (nSPS) is 21.8. The van der Waals surface area contributed by atoms with Crippen LogP contribution in [0.25, 0.3) is 22.0 Å². The monoisotopic (exact) mass is 592 g/mol. The minimum absolute atomic E-state index is 0.0395. The highest BCUT2D eigenvalue weighted by atomic mass is 35.5. The summed E-state index contributed by atoms with van der Waals surface area (Å²) in [6, 6.07) is 6.57. The molecule has 7 rings (SSSR count). The van der Waals surface area contributed by atoms with E-state index in [4.69, 9.17) is 30.9 Å². The highest BCUT2D eigenvalue weighted by Crippen LogP contribution is 2.51. The number of anilines is 1. The Kier molecular flexibility index (Phi) is 6.85. The van der Waals surface area contributed by atoms with Gasteiger partial charge in [0.15, 0.2) is 6.23 Å². The lowest BCUT2D eigenvalue weighted by Gasteiger charge is -2.47. The van der Waals surface area contributed by atoms with Crippen LogP contribution in [-0.4, -0.2) is 65.8 Å². The number of nitrogens with zero attached hydrogens (tertiary/aromatic N) is 4. The van der Waals surface area contributed by atoms with Gasteiger partial charge in [-0.25, -0.2) is 9.48 Å². The predicted molar refractivity (Wildman–Crippen MR) is 165 cm³/mol. The van der Waals surface area contributed by atoms with E-state index in [1.807, 2.05) is 36.5 Å². The van der Waals surface area contributed by atoms with Crippen LogP contribution in [0.3, 0.4) is 0 Å². The van der Waals surface area contributed by atoms with E-state index in [1.165, 1.54) is 5.56 Å². The summed E-state index contributed by atoms with van der Waals surface area (Å²) in [5.74, 6) is 0.904. The molecule has 3 fully saturated rings. The number of ether oxygens (including phenoxy) is 3. The first-order valence-electron chi connectivity index (χ1n) is 15.4. The summed E-state index contributed by atoms with van der Waals surface area (Å²) in [5.41, 5.74) is 6.12. The van der Waals surface area contributed by atoms with Crippen LogP contribution in [0, 0.1) is 12.3 Å². The number of benzene rings is 2. The second-order valence-electron chi connectivity index (χ2n) is 13.6. The molecular weight excluding hydrogens is 552 g/mol. The number of hydrogen-bond donors (Lipinski definition) is 0. The third kappa shape index (κ3) is 4.80. The lowest BCUT2D eigenvalue weighted by molar-refractivity contribution is -0.0366. The average Bonchev–Trinajstić information content (AvgIpc) is 3.58. The largest absolute Gasteiger partial charge is 0.493 e. The van der Waals surface area contributed by atoms with E-state index >= 15 is 0 Å². The highest BCUT2D eigenvalue weighted by Gasteiger charge is 2.50. The van der Waals surface area contributed by atoms with Gasteiger partial charge in [-0.1, -0.05) is 17.7 Å². The summed E-state index contributed by atoms with van der Waals surface area (Å²) in [5, 5.41) is 6.63. The van der Waals surface area contributed by atoms with E-state index in [1.54, 1.807) is 0 Å². The summed E-state index contributed by atoms with van der Waals surface area (Å²) >= 11 is 7.44. The number of aryl methyl sites for hydroxylation is 2. The van der Waals surface area contributed by atoms with Gasteiger partial charge in [0, 0.05) is 54.7 Å². The molecule has 4 aliphatic heterocycles. The first-order chi connectivity index (χ1) is 20.1. The lowest BCUT2D eigenvalue weighted by Crippen LogP contribution is -2.60. The topological polar surface area (TPSA) is 69.1 Å². The number of fused-ring (bicyclic) bond motifs is 2. The van der Waals surface area contributed by atoms with Crippen LogP contribution >= 0.6 is 11.6 Å². The van der Waals surface area contributed by atoms with Crippen molar-refractivity contribution in [2.75, 3.05) is 44.3 Å². The standard InChI is InChI=1S/C33H41ClN4O4/c1-21-10-11-24-23(17-35-38(24)26-9-5-6-14-40-26)27(21)28-29(34)25(16-22-8-7-15-41-30(22)28)36-13-12-33(18-36)19-37(20-33)31(39)42-32(2,3)4/h10-11,16-17,26H,5-9,12-15,18-20H2,1-4H3. The maximum Gasteiger partial charge on any atom is 0.410 e. The number of likely N-dealkylation sites (tertiary alicyclic amines) is 1. The van der Waals surface area contributed by atoms with Crippen molar-refractivity contribution in [1.82, 2.24) is 14.7 Å². The molecule has 0 aliphatic carbocycles. The highest BCUT2D eigenvalue weighted by molar-refractivity contribution is 6.37. The minimum atomic E-state index is -0.489. The van der Waals surface area contributed by atoms with E-state index in [9.17, 15) is 4.79 Å². The van der Waals surface area contributed by atoms with Crippen molar-refractivity contribution in [2.24, 2.45) is 5.41 Å². The molecule has 5 heterocycles.